The zero-order chi connectivity index (χ0) is 12.0. The highest BCUT2D eigenvalue weighted by Gasteiger charge is 1.99. The SMILES string of the molecule is CC(=O)NCC#Cc1cccc(CO)c1C. The molecule has 0 atom stereocenters. The van der Waals surface area contributed by atoms with E-state index in [1.807, 2.05) is 25.1 Å². The van der Waals surface area contributed by atoms with Crippen molar-refractivity contribution in [1.29, 1.82) is 0 Å². The van der Waals surface area contributed by atoms with Crippen molar-refractivity contribution in [3.8, 4) is 11.8 Å². The van der Waals surface area contributed by atoms with Crippen LogP contribution in [0, 0.1) is 18.8 Å². The molecule has 16 heavy (non-hydrogen) atoms. The largest absolute Gasteiger partial charge is 0.392 e. The monoisotopic (exact) mass is 217 g/mol. The Morgan fingerprint density at radius 3 is 2.88 bits per heavy atom. The number of carbonyl (C=O) groups excluding carboxylic acids is 1. The van der Waals surface area contributed by atoms with E-state index in [2.05, 4.69) is 17.2 Å². The lowest BCUT2D eigenvalue weighted by atomic mass is 10.0. The lowest BCUT2D eigenvalue weighted by molar-refractivity contribution is -0.118. The van der Waals surface area contributed by atoms with Gasteiger partial charge in [0.25, 0.3) is 0 Å². The lowest BCUT2D eigenvalue weighted by Gasteiger charge is -2.03. The van der Waals surface area contributed by atoms with Gasteiger partial charge in [0.05, 0.1) is 13.2 Å². The minimum atomic E-state index is -0.0878. The van der Waals surface area contributed by atoms with Crippen LogP contribution >= 0.6 is 0 Å². The van der Waals surface area contributed by atoms with Gasteiger partial charge in [0.1, 0.15) is 0 Å². The highest BCUT2D eigenvalue weighted by molar-refractivity contribution is 5.73. The summed E-state index contributed by atoms with van der Waals surface area (Å²) in [6.07, 6.45) is 0. The van der Waals surface area contributed by atoms with Crippen molar-refractivity contribution < 1.29 is 9.90 Å². The van der Waals surface area contributed by atoms with Crippen LogP contribution in [-0.4, -0.2) is 17.6 Å². The van der Waals surface area contributed by atoms with Crippen LogP contribution in [0.4, 0.5) is 0 Å². The number of carbonyl (C=O) groups is 1. The lowest BCUT2D eigenvalue weighted by Crippen LogP contribution is -2.19. The fourth-order valence-electron chi connectivity index (χ4n) is 1.30. The van der Waals surface area contributed by atoms with E-state index in [9.17, 15) is 4.79 Å². The van der Waals surface area contributed by atoms with Gasteiger partial charge < -0.3 is 10.4 Å². The van der Waals surface area contributed by atoms with Crippen LogP contribution in [0.2, 0.25) is 0 Å². The summed E-state index contributed by atoms with van der Waals surface area (Å²) in [6.45, 7) is 3.75. The molecule has 1 rings (SSSR count). The summed E-state index contributed by atoms with van der Waals surface area (Å²) in [5.74, 6) is 5.74. The highest BCUT2D eigenvalue weighted by atomic mass is 16.3. The molecule has 0 spiro atoms. The van der Waals surface area contributed by atoms with Crippen LogP contribution in [0.25, 0.3) is 0 Å². The zero-order valence-corrected chi connectivity index (χ0v) is 9.50. The average Bonchev–Trinajstić information content (AvgIpc) is 2.26. The molecule has 3 heteroatoms. The first-order chi connectivity index (χ1) is 7.65. The molecule has 0 saturated heterocycles. The maximum atomic E-state index is 10.6. The molecule has 0 aliphatic carbocycles. The van der Waals surface area contributed by atoms with Gasteiger partial charge >= 0.3 is 0 Å². The molecule has 0 aromatic heterocycles. The molecule has 1 aromatic rings. The van der Waals surface area contributed by atoms with Gasteiger partial charge in [-0.25, -0.2) is 0 Å². The molecule has 3 nitrogen and oxygen atoms in total. The van der Waals surface area contributed by atoms with Gasteiger partial charge in [-0.3, -0.25) is 4.79 Å². The van der Waals surface area contributed by atoms with Gasteiger partial charge in [0.2, 0.25) is 5.91 Å². The molecular formula is C13H15NO2. The summed E-state index contributed by atoms with van der Waals surface area (Å²) in [5, 5.41) is 11.7. The Hall–Kier alpha value is -1.79. The number of amides is 1. The Kier molecular flexibility index (Phi) is 4.56. The van der Waals surface area contributed by atoms with Crippen LogP contribution in [0.15, 0.2) is 18.2 Å². The molecule has 1 amide bonds. The molecule has 0 saturated carbocycles. The van der Waals surface area contributed by atoms with E-state index in [-0.39, 0.29) is 12.5 Å². The number of aliphatic hydroxyl groups excluding tert-OH is 1. The fraction of sp³-hybridized carbons (Fsp3) is 0.308. The van der Waals surface area contributed by atoms with Crippen molar-refractivity contribution in [3.63, 3.8) is 0 Å². The second kappa shape index (κ2) is 5.94. The van der Waals surface area contributed by atoms with Crippen molar-refractivity contribution in [1.82, 2.24) is 5.32 Å². The van der Waals surface area contributed by atoms with Gasteiger partial charge in [-0.15, -0.1) is 0 Å². The van der Waals surface area contributed by atoms with Gasteiger partial charge in [0, 0.05) is 12.5 Å². The maximum Gasteiger partial charge on any atom is 0.217 e. The first-order valence-electron chi connectivity index (χ1n) is 5.08. The summed E-state index contributed by atoms with van der Waals surface area (Å²) >= 11 is 0. The summed E-state index contributed by atoms with van der Waals surface area (Å²) in [7, 11) is 0. The van der Waals surface area contributed by atoms with E-state index in [0.717, 1.165) is 16.7 Å². The molecule has 84 valence electrons. The van der Waals surface area contributed by atoms with Crippen molar-refractivity contribution in [2.45, 2.75) is 20.5 Å². The molecule has 0 bridgehead atoms. The number of aliphatic hydroxyl groups is 1. The predicted molar refractivity (Wildman–Crippen MR) is 62.7 cm³/mol. The third kappa shape index (κ3) is 3.41. The quantitative estimate of drug-likeness (QED) is 0.725. The molecule has 0 heterocycles. The smallest absolute Gasteiger partial charge is 0.217 e. The van der Waals surface area contributed by atoms with E-state index in [1.54, 1.807) is 0 Å². The molecular weight excluding hydrogens is 202 g/mol. The van der Waals surface area contributed by atoms with E-state index in [4.69, 9.17) is 5.11 Å². The Balaban J connectivity index is 2.77. The first-order valence-corrected chi connectivity index (χ1v) is 5.08. The van der Waals surface area contributed by atoms with Crippen LogP contribution in [0.3, 0.4) is 0 Å². The number of rotatable bonds is 2. The predicted octanol–water partition coefficient (Wildman–Crippen LogP) is 0.975. The normalized spacial score (nSPS) is 9.19. The molecule has 1 aromatic carbocycles. The number of hydrogen-bond acceptors (Lipinski definition) is 2. The van der Waals surface area contributed by atoms with Gasteiger partial charge in [-0.2, -0.15) is 0 Å². The van der Waals surface area contributed by atoms with Crippen LogP contribution in [0.1, 0.15) is 23.6 Å². The second-order valence-electron chi connectivity index (χ2n) is 3.46. The highest BCUT2D eigenvalue weighted by Crippen LogP contribution is 2.12. The number of benzene rings is 1. The van der Waals surface area contributed by atoms with E-state index in [1.165, 1.54) is 6.92 Å². The van der Waals surface area contributed by atoms with Crippen LogP contribution in [-0.2, 0) is 11.4 Å². The van der Waals surface area contributed by atoms with Gasteiger partial charge in [-0.05, 0) is 24.1 Å². The molecule has 2 N–H and O–H groups in total. The van der Waals surface area contributed by atoms with Crippen molar-refractivity contribution >= 4 is 5.91 Å². The van der Waals surface area contributed by atoms with Crippen LogP contribution < -0.4 is 5.32 Å². The minimum absolute atomic E-state index is 0.0209. The average molecular weight is 217 g/mol. The standard InChI is InChI=1S/C13H15NO2/c1-10-12(5-3-6-13(10)9-15)7-4-8-14-11(2)16/h3,5-6,15H,8-9H2,1-2H3,(H,14,16). The van der Waals surface area contributed by atoms with Crippen molar-refractivity contribution in [3.05, 3.63) is 34.9 Å². The van der Waals surface area contributed by atoms with E-state index < -0.39 is 0 Å². The van der Waals surface area contributed by atoms with Gasteiger partial charge in [-0.1, -0.05) is 24.0 Å². The van der Waals surface area contributed by atoms with Crippen molar-refractivity contribution in [2.75, 3.05) is 6.54 Å². The van der Waals surface area contributed by atoms with E-state index >= 15 is 0 Å². The summed E-state index contributed by atoms with van der Waals surface area (Å²) in [5.41, 5.74) is 2.75. The number of hydrogen-bond donors (Lipinski definition) is 2. The fourth-order valence-corrected chi connectivity index (χ4v) is 1.30. The van der Waals surface area contributed by atoms with Crippen molar-refractivity contribution in [2.24, 2.45) is 0 Å². The van der Waals surface area contributed by atoms with Gasteiger partial charge in [0.15, 0.2) is 0 Å². The minimum Gasteiger partial charge on any atom is -0.392 e. The zero-order valence-electron chi connectivity index (χ0n) is 9.50. The molecule has 0 aliphatic rings. The Morgan fingerprint density at radius 2 is 2.25 bits per heavy atom. The summed E-state index contributed by atoms with van der Waals surface area (Å²) < 4.78 is 0. The third-order valence-corrected chi connectivity index (χ3v) is 2.27. The molecule has 0 unspecified atom stereocenters. The Morgan fingerprint density at radius 1 is 1.50 bits per heavy atom. The maximum absolute atomic E-state index is 10.6. The summed E-state index contributed by atoms with van der Waals surface area (Å²) in [4.78, 5) is 10.6. The molecule has 0 fully saturated rings. The summed E-state index contributed by atoms with van der Waals surface area (Å²) in [6, 6.07) is 5.63. The Bertz CT molecular complexity index is 441. The molecule has 0 radical (unpaired) electrons. The second-order valence-corrected chi connectivity index (χ2v) is 3.46. The third-order valence-electron chi connectivity index (χ3n) is 2.27. The Labute approximate surface area is 95.5 Å². The number of nitrogens with one attached hydrogen (secondary N) is 1. The topological polar surface area (TPSA) is 49.3 Å². The first kappa shape index (κ1) is 12.3. The molecule has 0 aliphatic heterocycles. The van der Waals surface area contributed by atoms with E-state index in [0.29, 0.717) is 6.54 Å². The van der Waals surface area contributed by atoms with Crippen LogP contribution in [0.5, 0.6) is 0 Å².